The normalized spacial score (nSPS) is 11.0. The number of hydrogen-bond acceptors (Lipinski definition) is 7. The van der Waals surface area contributed by atoms with Gasteiger partial charge >= 0.3 is 0 Å². The lowest BCUT2D eigenvalue weighted by molar-refractivity contribution is 1.07. The second-order valence-electron chi connectivity index (χ2n) is 14.6. The molecule has 0 radical (unpaired) electrons. The predicted octanol–water partition coefficient (Wildman–Crippen LogP) is 12.8. The number of rotatable bonds is 9. The van der Waals surface area contributed by atoms with E-state index in [0.29, 0.717) is 34.9 Å². The lowest BCUT2D eigenvalue weighted by atomic mass is 9.89. The van der Waals surface area contributed by atoms with Gasteiger partial charge in [0.05, 0.1) is 5.69 Å². The number of nitrogens with zero attached hydrogens (tertiary/aromatic N) is 7. The Morgan fingerprint density at radius 1 is 0.230 bits per heavy atom. The van der Waals surface area contributed by atoms with Gasteiger partial charge in [-0.2, -0.15) is 0 Å². The number of pyridine rings is 1. The van der Waals surface area contributed by atoms with Gasteiger partial charge in [-0.25, -0.2) is 29.9 Å². The smallest absolute Gasteiger partial charge is 0.164 e. The maximum Gasteiger partial charge on any atom is 0.164 e. The third kappa shape index (κ3) is 7.83. The van der Waals surface area contributed by atoms with Crippen LogP contribution in [-0.2, 0) is 0 Å². The van der Waals surface area contributed by atoms with Crippen LogP contribution in [0.15, 0.2) is 206 Å². The topological polar surface area (TPSA) is 90.2 Å². The van der Waals surface area contributed by atoms with E-state index in [9.17, 15) is 0 Å². The molecule has 61 heavy (non-hydrogen) atoms. The zero-order chi connectivity index (χ0) is 41.0. The van der Waals surface area contributed by atoms with Crippen LogP contribution in [0.2, 0.25) is 0 Å². The highest BCUT2D eigenvalue weighted by atomic mass is 15.0. The highest BCUT2D eigenvalue weighted by Crippen LogP contribution is 2.41. The Labute approximate surface area is 354 Å². The van der Waals surface area contributed by atoms with Gasteiger partial charge in [0.25, 0.3) is 0 Å². The molecule has 0 saturated heterocycles. The summed E-state index contributed by atoms with van der Waals surface area (Å²) >= 11 is 0. The maximum absolute atomic E-state index is 5.13. The Morgan fingerprint density at radius 2 is 0.607 bits per heavy atom. The van der Waals surface area contributed by atoms with Crippen LogP contribution in [0, 0.1) is 6.92 Å². The third-order valence-corrected chi connectivity index (χ3v) is 10.5. The summed E-state index contributed by atoms with van der Waals surface area (Å²) in [6.45, 7) is 2.02. The van der Waals surface area contributed by atoms with Crippen LogP contribution in [0.3, 0.4) is 0 Å². The molecular formula is C54H37N7. The number of benzene rings is 7. The summed E-state index contributed by atoms with van der Waals surface area (Å²) in [7, 11) is 0. The van der Waals surface area contributed by atoms with E-state index in [-0.39, 0.29) is 0 Å². The molecular weight excluding hydrogens is 747 g/mol. The van der Waals surface area contributed by atoms with Crippen molar-refractivity contribution in [2.75, 3.05) is 0 Å². The van der Waals surface area contributed by atoms with Crippen LogP contribution in [0.5, 0.6) is 0 Å². The largest absolute Gasteiger partial charge is 0.253 e. The minimum atomic E-state index is 0.585. The second kappa shape index (κ2) is 16.5. The maximum atomic E-state index is 5.13. The Kier molecular flexibility index (Phi) is 10.0. The van der Waals surface area contributed by atoms with Crippen molar-refractivity contribution in [1.29, 1.82) is 0 Å². The van der Waals surface area contributed by atoms with Crippen molar-refractivity contribution < 1.29 is 0 Å². The van der Waals surface area contributed by atoms with Gasteiger partial charge in [0, 0.05) is 44.6 Å². The monoisotopic (exact) mass is 783 g/mol. The summed E-state index contributed by atoms with van der Waals surface area (Å²) < 4.78 is 0. The average molecular weight is 784 g/mol. The van der Waals surface area contributed by atoms with Crippen LogP contribution in [0.1, 0.15) is 5.69 Å². The van der Waals surface area contributed by atoms with Gasteiger partial charge in [-0.3, -0.25) is 4.98 Å². The van der Waals surface area contributed by atoms with Gasteiger partial charge in [-0.05, 0) is 47.4 Å². The molecule has 7 aromatic carbocycles. The minimum absolute atomic E-state index is 0.585. The van der Waals surface area contributed by atoms with Gasteiger partial charge in [-0.1, -0.05) is 188 Å². The summed E-state index contributed by atoms with van der Waals surface area (Å²) in [5, 5.41) is 0. The molecule has 10 aromatic rings. The van der Waals surface area contributed by atoms with Gasteiger partial charge in [-0.15, -0.1) is 0 Å². The van der Waals surface area contributed by atoms with Crippen LogP contribution in [-0.4, -0.2) is 34.9 Å². The van der Waals surface area contributed by atoms with E-state index >= 15 is 0 Å². The molecule has 0 fully saturated rings. The van der Waals surface area contributed by atoms with Crippen LogP contribution in [0.4, 0.5) is 0 Å². The molecule has 0 aliphatic heterocycles. The average Bonchev–Trinajstić information content (AvgIpc) is 3.34. The standard InChI is InChI=1S/C54H37N7/c1-36-17-16-28-48(55-36)43-33-34-44(37-29-31-42(32-30-37)53-57-49(38-18-6-2-7-19-38)56-50(58-53)39-20-8-3-9-21-39)47(35-43)45-26-14-15-27-46(45)54-60-51(40-22-10-4-11-23-40)59-52(61-54)41-24-12-5-13-25-41/h2-35H,1H3. The number of hydrogen-bond donors (Lipinski definition) is 0. The van der Waals surface area contributed by atoms with Crippen molar-refractivity contribution in [1.82, 2.24) is 34.9 Å². The van der Waals surface area contributed by atoms with Crippen LogP contribution >= 0.6 is 0 Å². The molecule has 0 amide bonds. The van der Waals surface area contributed by atoms with Crippen LogP contribution < -0.4 is 0 Å². The summed E-state index contributed by atoms with van der Waals surface area (Å²) in [6, 6.07) is 69.6. The first kappa shape index (κ1) is 37.0. The van der Waals surface area contributed by atoms with E-state index in [1.54, 1.807) is 0 Å². The zero-order valence-electron chi connectivity index (χ0n) is 33.3. The molecule has 0 bridgehead atoms. The highest BCUT2D eigenvalue weighted by molar-refractivity contribution is 5.93. The third-order valence-electron chi connectivity index (χ3n) is 10.5. The number of aromatic nitrogens is 7. The van der Waals surface area contributed by atoms with Crippen molar-refractivity contribution in [3.63, 3.8) is 0 Å². The first-order chi connectivity index (χ1) is 30.1. The van der Waals surface area contributed by atoms with Crippen molar-refractivity contribution in [2.45, 2.75) is 6.92 Å². The molecule has 3 aromatic heterocycles. The SMILES string of the molecule is Cc1cccc(-c2ccc(-c3ccc(-c4nc(-c5ccccc5)nc(-c5ccccc5)n4)cc3)c(-c3ccccc3-c3nc(-c4ccccc4)nc(-c4ccccc4)n3)c2)n1. The number of aryl methyl sites for hydroxylation is 1. The van der Waals surface area contributed by atoms with Gasteiger partial charge in [0.2, 0.25) is 0 Å². The Morgan fingerprint density at radius 3 is 1.07 bits per heavy atom. The first-order valence-corrected chi connectivity index (χ1v) is 20.2. The molecule has 0 N–H and O–H groups in total. The lowest BCUT2D eigenvalue weighted by Gasteiger charge is -2.17. The molecule has 0 aliphatic carbocycles. The van der Waals surface area contributed by atoms with E-state index in [4.69, 9.17) is 34.9 Å². The molecule has 288 valence electrons. The molecule has 0 saturated carbocycles. The zero-order valence-corrected chi connectivity index (χ0v) is 33.3. The van der Waals surface area contributed by atoms with Crippen molar-refractivity contribution >= 4 is 0 Å². The van der Waals surface area contributed by atoms with Crippen molar-refractivity contribution in [2.24, 2.45) is 0 Å². The van der Waals surface area contributed by atoms with Gasteiger partial charge in [0.15, 0.2) is 34.9 Å². The van der Waals surface area contributed by atoms with E-state index in [0.717, 1.165) is 72.6 Å². The molecule has 3 heterocycles. The van der Waals surface area contributed by atoms with Crippen LogP contribution in [0.25, 0.3) is 102 Å². The molecule has 7 heteroatoms. The van der Waals surface area contributed by atoms with Gasteiger partial charge in [0.1, 0.15) is 0 Å². The highest BCUT2D eigenvalue weighted by Gasteiger charge is 2.19. The van der Waals surface area contributed by atoms with E-state index in [2.05, 4.69) is 66.7 Å². The fourth-order valence-electron chi connectivity index (χ4n) is 7.46. The van der Waals surface area contributed by atoms with E-state index in [1.165, 1.54) is 0 Å². The molecule has 0 aliphatic rings. The fourth-order valence-corrected chi connectivity index (χ4v) is 7.46. The molecule has 0 unspecified atom stereocenters. The second-order valence-corrected chi connectivity index (χ2v) is 14.6. The van der Waals surface area contributed by atoms with Crippen molar-refractivity contribution in [3.8, 4) is 102 Å². The Hall–Kier alpha value is -8.29. The first-order valence-electron chi connectivity index (χ1n) is 20.2. The minimum Gasteiger partial charge on any atom is -0.253 e. The van der Waals surface area contributed by atoms with Gasteiger partial charge < -0.3 is 0 Å². The quantitative estimate of drug-likeness (QED) is 0.144. The Balaban J connectivity index is 1.12. The Bertz CT molecular complexity index is 3000. The summed E-state index contributed by atoms with van der Waals surface area (Å²) in [6.07, 6.45) is 0. The van der Waals surface area contributed by atoms with E-state index in [1.807, 2.05) is 146 Å². The van der Waals surface area contributed by atoms with Crippen molar-refractivity contribution in [3.05, 3.63) is 212 Å². The summed E-state index contributed by atoms with van der Waals surface area (Å²) in [4.78, 5) is 35.0. The fraction of sp³-hybridized carbons (Fsp3) is 0.0185. The molecule has 0 atom stereocenters. The lowest BCUT2D eigenvalue weighted by Crippen LogP contribution is -2.01. The molecule has 0 spiro atoms. The summed E-state index contributed by atoms with van der Waals surface area (Å²) in [5.74, 6) is 3.65. The predicted molar refractivity (Wildman–Crippen MR) is 245 cm³/mol. The molecule has 10 rings (SSSR count). The molecule has 7 nitrogen and oxygen atoms in total. The van der Waals surface area contributed by atoms with E-state index < -0.39 is 0 Å². The summed E-state index contributed by atoms with van der Waals surface area (Å²) in [5.41, 5.74) is 12.4.